The Bertz CT molecular complexity index is 152. The Kier molecular flexibility index (Phi) is 6.61. The molecule has 0 aromatic carbocycles. The molecule has 5 nitrogen and oxygen atoms in total. The molecule has 2 N–H and O–H groups in total. The van der Waals surface area contributed by atoms with Gasteiger partial charge in [-0.3, -0.25) is 9.05 Å². The first-order chi connectivity index (χ1) is 5.62. The van der Waals surface area contributed by atoms with Gasteiger partial charge in [-0.1, -0.05) is 0 Å². The van der Waals surface area contributed by atoms with E-state index in [4.69, 9.17) is 4.89 Å². The van der Waals surface area contributed by atoms with Crippen molar-refractivity contribution in [2.75, 3.05) is 27.3 Å². The van der Waals surface area contributed by atoms with E-state index in [1.54, 1.807) is 0 Å². The van der Waals surface area contributed by atoms with Crippen LogP contribution in [0.15, 0.2) is 0 Å². The molecule has 74 valence electrons. The van der Waals surface area contributed by atoms with Gasteiger partial charge in [0.15, 0.2) is 0 Å². The number of nitrogens with one attached hydrogen (secondary N) is 1. The Hall–Kier alpha value is 0.0700. The van der Waals surface area contributed by atoms with E-state index in [0.717, 1.165) is 26.5 Å². The second-order valence-electron chi connectivity index (χ2n) is 2.30. The minimum atomic E-state index is -3.74. The molecule has 0 aliphatic heterocycles. The number of unbranched alkanes of at least 4 members (excludes halogenated alkanes) is 1. The summed E-state index contributed by atoms with van der Waals surface area (Å²) in [6, 6.07) is 0. The zero-order valence-corrected chi connectivity index (χ0v) is 8.34. The van der Waals surface area contributed by atoms with Crippen molar-refractivity contribution in [2.24, 2.45) is 0 Å². The van der Waals surface area contributed by atoms with Gasteiger partial charge < -0.3 is 10.2 Å². The lowest BCUT2D eigenvalue weighted by Crippen LogP contribution is -2.08. The van der Waals surface area contributed by atoms with Gasteiger partial charge in [0.1, 0.15) is 0 Å². The fraction of sp³-hybridized carbons (Fsp3) is 1.00. The standard InChI is InChI=1S/C6H16NO4P/c1-7-5-3-4-6-11-12(8,9)10-2/h7H,3-6H2,1-2H3,(H,8,9). The number of hydrogen-bond donors (Lipinski definition) is 2. The lowest BCUT2D eigenvalue weighted by Gasteiger charge is -2.08. The molecule has 0 aromatic rings. The zero-order chi connectivity index (χ0) is 9.45. The molecule has 0 radical (unpaired) electrons. The molecular formula is C6H16NO4P. The fourth-order valence-electron chi connectivity index (χ4n) is 0.636. The van der Waals surface area contributed by atoms with Crippen LogP contribution >= 0.6 is 7.82 Å². The van der Waals surface area contributed by atoms with Crippen molar-refractivity contribution in [3.8, 4) is 0 Å². The zero-order valence-electron chi connectivity index (χ0n) is 7.45. The maximum atomic E-state index is 10.7. The molecule has 0 aliphatic rings. The summed E-state index contributed by atoms with van der Waals surface area (Å²) < 4.78 is 19.5. The second kappa shape index (κ2) is 6.57. The lowest BCUT2D eigenvalue weighted by atomic mass is 10.3. The molecule has 1 atom stereocenters. The molecule has 0 fully saturated rings. The summed E-state index contributed by atoms with van der Waals surface area (Å²) in [4.78, 5) is 8.78. The van der Waals surface area contributed by atoms with E-state index in [2.05, 4.69) is 14.4 Å². The molecule has 0 aromatic heterocycles. The van der Waals surface area contributed by atoms with Crippen LogP contribution in [0.5, 0.6) is 0 Å². The van der Waals surface area contributed by atoms with E-state index in [-0.39, 0.29) is 6.61 Å². The first-order valence-electron chi connectivity index (χ1n) is 3.80. The maximum absolute atomic E-state index is 10.7. The normalized spacial score (nSPS) is 15.9. The summed E-state index contributed by atoms with van der Waals surface area (Å²) in [5.74, 6) is 0. The number of rotatable bonds is 7. The van der Waals surface area contributed by atoms with Gasteiger partial charge in [-0.2, -0.15) is 0 Å². The Labute approximate surface area is 72.7 Å². The van der Waals surface area contributed by atoms with Crippen molar-refractivity contribution < 1.29 is 18.5 Å². The molecule has 12 heavy (non-hydrogen) atoms. The van der Waals surface area contributed by atoms with Crippen molar-refractivity contribution in [2.45, 2.75) is 12.8 Å². The maximum Gasteiger partial charge on any atom is 0.471 e. The average molecular weight is 197 g/mol. The van der Waals surface area contributed by atoms with Crippen molar-refractivity contribution in [3.63, 3.8) is 0 Å². The van der Waals surface area contributed by atoms with Gasteiger partial charge in [-0.25, -0.2) is 4.57 Å². The third-order valence-electron chi connectivity index (χ3n) is 1.31. The summed E-state index contributed by atoms with van der Waals surface area (Å²) in [5.41, 5.74) is 0. The molecule has 0 saturated heterocycles. The van der Waals surface area contributed by atoms with E-state index >= 15 is 0 Å². The van der Waals surface area contributed by atoms with Gasteiger partial charge in [-0.05, 0) is 26.4 Å². The molecule has 0 aliphatic carbocycles. The van der Waals surface area contributed by atoms with Gasteiger partial charge in [-0.15, -0.1) is 0 Å². The van der Waals surface area contributed by atoms with Gasteiger partial charge in [0, 0.05) is 7.11 Å². The van der Waals surface area contributed by atoms with Crippen LogP contribution < -0.4 is 5.32 Å². The first-order valence-corrected chi connectivity index (χ1v) is 5.29. The smallest absolute Gasteiger partial charge is 0.320 e. The van der Waals surface area contributed by atoms with Crippen LogP contribution in [-0.4, -0.2) is 32.2 Å². The van der Waals surface area contributed by atoms with Crippen LogP contribution in [-0.2, 0) is 13.6 Å². The van der Waals surface area contributed by atoms with Crippen LogP contribution in [0, 0.1) is 0 Å². The lowest BCUT2D eigenvalue weighted by molar-refractivity contribution is 0.171. The highest BCUT2D eigenvalue weighted by molar-refractivity contribution is 7.47. The number of hydrogen-bond acceptors (Lipinski definition) is 4. The number of phosphoric ester groups is 1. The van der Waals surface area contributed by atoms with E-state index in [1.807, 2.05) is 7.05 Å². The van der Waals surface area contributed by atoms with Gasteiger partial charge >= 0.3 is 7.82 Å². The van der Waals surface area contributed by atoms with Crippen LogP contribution in [0.1, 0.15) is 12.8 Å². The minimum absolute atomic E-state index is 0.253. The van der Waals surface area contributed by atoms with E-state index in [1.165, 1.54) is 0 Å². The predicted molar refractivity (Wildman–Crippen MR) is 45.9 cm³/mol. The summed E-state index contributed by atoms with van der Waals surface area (Å²) in [6.07, 6.45) is 1.66. The Morgan fingerprint density at radius 1 is 1.50 bits per heavy atom. The van der Waals surface area contributed by atoms with Crippen LogP contribution in [0.2, 0.25) is 0 Å². The van der Waals surface area contributed by atoms with Crippen LogP contribution in [0.3, 0.4) is 0 Å². The Morgan fingerprint density at radius 3 is 2.67 bits per heavy atom. The molecular weight excluding hydrogens is 181 g/mol. The van der Waals surface area contributed by atoms with Crippen molar-refractivity contribution in [1.29, 1.82) is 0 Å². The highest BCUT2D eigenvalue weighted by atomic mass is 31.2. The molecule has 6 heteroatoms. The molecule has 0 amide bonds. The van der Waals surface area contributed by atoms with Crippen molar-refractivity contribution in [1.82, 2.24) is 5.32 Å². The SMILES string of the molecule is CNCCCCOP(=O)(O)OC. The predicted octanol–water partition coefficient (Wildman–Crippen LogP) is 0.749. The average Bonchev–Trinajstić information content (AvgIpc) is 2.04. The van der Waals surface area contributed by atoms with Gasteiger partial charge in [0.25, 0.3) is 0 Å². The first kappa shape index (κ1) is 12.1. The highest BCUT2D eigenvalue weighted by Crippen LogP contribution is 2.41. The van der Waals surface area contributed by atoms with Gasteiger partial charge in [0.2, 0.25) is 0 Å². The van der Waals surface area contributed by atoms with Crippen molar-refractivity contribution >= 4 is 7.82 Å². The third-order valence-corrected chi connectivity index (χ3v) is 2.28. The number of phosphoric acid groups is 1. The van der Waals surface area contributed by atoms with E-state index in [9.17, 15) is 4.57 Å². The summed E-state index contributed by atoms with van der Waals surface area (Å²) in [6.45, 7) is 1.13. The highest BCUT2D eigenvalue weighted by Gasteiger charge is 2.16. The second-order valence-corrected chi connectivity index (χ2v) is 3.86. The monoisotopic (exact) mass is 197 g/mol. The summed E-state index contributed by atoms with van der Waals surface area (Å²) >= 11 is 0. The molecule has 0 rings (SSSR count). The van der Waals surface area contributed by atoms with Crippen LogP contribution in [0.25, 0.3) is 0 Å². The summed E-state index contributed by atoms with van der Waals surface area (Å²) in [5, 5.41) is 2.96. The topological polar surface area (TPSA) is 67.8 Å². The molecule has 0 bridgehead atoms. The molecule has 0 saturated carbocycles. The fourth-order valence-corrected chi connectivity index (χ4v) is 1.10. The Balaban J connectivity index is 3.25. The molecule has 1 unspecified atom stereocenters. The third kappa shape index (κ3) is 6.76. The van der Waals surface area contributed by atoms with E-state index < -0.39 is 7.82 Å². The van der Waals surface area contributed by atoms with E-state index in [0.29, 0.717) is 0 Å². The van der Waals surface area contributed by atoms with Gasteiger partial charge in [0.05, 0.1) is 6.61 Å². The van der Waals surface area contributed by atoms with Crippen LogP contribution in [0.4, 0.5) is 0 Å². The minimum Gasteiger partial charge on any atom is -0.320 e. The Morgan fingerprint density at radius 2 is 2.17 bits per heavy atom. The van der Waals surface area contributed by atoms with Crippen molar-refractivity contribution in [3.05, 3.63) is 0 Å². The largest absolute Gasteiger partial charge is 0.471 e. The molecule has 0 heterocycles. The summed E-state index contributed by atoms with van der Waals surface area (Å²) in [7, 11) is -0.741. The quantitative estimate of drug-likeness (QED) is 0.465. The molecule has 0 spiro atoms.